The lowest BCUT2D eigenvalue weighted by Crippen LogP contribution is -2.55. The minimum absolute atomic E-state index is 0.0979. The fourth-order valence-electron chi connectivity index (χ4n) is 2.09. The van der Waals surface area contributed by atoms with Crippen molar-refractivity contribution in [3.8, 4) is 0 Å². The van der Waals surface area contributed by atoms with E-state index in [-0.39, 0.29) is 18.2 Å². The van der Waals surface area contributed by atoms with Gasteiger partial charge in [0.25, 0.3) is 0 Å². The fourth-order valence-corrected chi connectivity index (χ4v) is 2.09. The van der Waals surface area contributed by atoms with Crippen molar-refractivity contribution in [2.24, 2.45) is 5.73 Å². The van der Waals surface area contributed by atoms with E-state index in [4.69, 9.17) is 15.2 Å². The predicted molar refractivity (Wildman–Crippen MR) is 70.2 cm³/mol. The molecule has 1 fully saturated rings. The molecular weight excluding hydrogens is 232 g/mol. The number of amides is 1. The molecule has 5 heteroatoms. The summed E-state index contributed by atoms with van der Waals surface area (Å²) in [4.78, 5) is 13.9. The van der Waals surface area contributed by atoms with Crippen molar-refractivity contribution in [2.75, 3.05) is 6.61 Å². The van der Waals surface area contributed by atoms with Crippen LogP contribution in [0.2, 0.25) is 0 Å². The molecule has 1 rings (SSSR count). The molecule has 18 heavy (non-hydrogen) atoms. The summed E-state index contributed by atoms with van der Waals surface area (Å²) in [6.07, 6.45) is 0.433. The Hall–Kier alpha value is -0.810. The van der Waals surface area contributed by atoms with E-state index in [9.17, 15) is 4.79 Å². The Morgan fingerprint density at radius 2 is 2.11 bits per heavy atom. The third-order valence-corrected chi connectivity index (χ3v) is 3.07. The summed E-state index contributed by atoms with van der Waals surface area (Å²) in [5.74, 6) is 0. The Morgan fingerprint density at radius 1 is 1.56 bits per heavy atom. The predicted octanol–water partition coefficient (Wildman–Crippen LogP) is 2.10. The van der Waals surface area contributed by atoms with Crippen LogP contribution in [0, 0.1) is 0 Å². The fraction of sp³-hybridized carbons (Fsp3) is 0.923. The summed E-state index contributed by atoms with van der Waals surface area (Å²) in [6.45, 7) is 11.7. The van der Waals surface area contributed by atoms with Gasteiger partial charge in [0.2, 0.25) is 0 Å². The lowest BCUT2D eigenvalue weighted by Gasteiger charge is -2.36. The average Bonchev–Trinajstić information content (AvgIpc) is 2.50. The van der Waals surface area contributed by atoms with Gasteiger partial charge in [-0.05, 0) is 41.0 Å². The Kier molecular flexibility index (Phi) is 4.28. The van der Waals surface area contributed by atoms with E-state index in [0.717, 1.165) is 6.42 Å². The molecule has 0 aromatic heterocycles. The van der Waals surface area contributed by atoms with E-state index in [2.05, 4.69) is 0 Å². The van der Waals surface area contributed by atoms with E-state index in [1.54, 1.807) is 4.90 Å². The maximum Gasteiger partial charge on any atom is 0.412 e. The van der Waals surface area contributed by atoms with Gasteiger partial charge >= 0.3 is 6.09 Å². The molecule has 106 valence electrons. The van der Waals surface area contributed by atoms with Crippen molar-refractivity contribution in [1.82, 2.24) is 4.90 Å². The van der Waals surface area contributed by atoms with E-state index in [0.29, 0.717) is 6.61 Å². The van der Waals surface area contributed by atoms with Gasteiger partial charge < -0.3 is 15.2 Å². The highest BCUT2D eigenvalue weighted by Crippen LogP contribution is 2.30. The Labute approximate surface area is 110 Å². The zero-order valence-corrected chi connectivity index (χ0v) is 12.3. The summed E-state index contributed by atoms with van der Waals surface area (Å²) in [5, 5.41) is 0. The van der Waals surface area contributed by atoms with Crippen LogP contribution in [0.5, 0.6) is 0 Å². The van der Waals surface area contributed by atoms with Crippen LogP contribution in [0.25, 0.3) is 0 Å². The summed E-state index contributed by atoms with van der Waals surface area (Å²) in [6, 6.07) is -0.223. The Balaban J connectivity index is 2.88. The summed E-state index contributed by atoms with van der Waals surface area (Å²) >= 11 is 0. The van der Waals surface area contributed by atoms with Crippen LogP contribution >= 0.6 is 0 Å². The second-order valence-corrected chi connectivity index (χ2v) is 6.25. The molecular formula is C13H26N2O3. The van der Waals surface area contributed by atoms with E-state index in [1.165, 1.54) is 0 Å². The molecule has 0 aromatic rings. The van der Waals surface area contributed by atoms with Gasteiger partial charge in [-0.15, -0.1) is 0 Å². The molecule has 1 amide bonds. The van der Waals surface area contributed by atoms with Crippen molar-refractivity contribution in [3.05, 3.63) is 0 Å². The minimum Gasteiger partial charge on any atom is -0.444 e. The zero-order valence-electron chi connectivity index (χ0n) is 12.3. The molecule has 0 aliphatic carbocycles. The summed E-state index contributed by atoms with van der Waals surface area (Å²) < 4.78 is 11.1. The molecule has 1 saturated heterocycles. The SMILES string of the molecule is CCC(N)C1COC(C)(C)N1C(=O)OC(C)(C)C. The third-order valence-electron chi connectivity index (χ3n) is 3.07. The Morgan fingerprint density at radius 3 is 2.56 bits per heavy atom. The molecule has 1 aliphatic rings. The second-order valence-electron chi connectivity index (χ2n) is 6.25. The smallest absolute Gasteiger partial charge is 0.412 e. The van der Waals surface area contributed by atoms with E-state index in [1.807, 2.05) is 41.5 Å². The molecule has 2 atom stereocenters. The number of carbonyl (C=O) groups excluding carboxylic acids is 1. The van der Waals surface area contributed by atoms with Gasteiger partial charge in [-0.3, -0.25) is 4.90 Å². The highest BCUT2D eigenvalue weighted by Gasteiger charge is 2.47. The van der Waals surface area contributed by atoms with Crippen LogP contribution in [0.4, 0.5) is 4.79 Å². The van der Waals surface area contributed by atoms with Crippen molar-refractivity contribution in [3.63, 3.8) is 0 Å². The molecule has 0 radical (unpaired) electrons. The van der Waals surface area contributed by atoms with Crippen LogP contribution in [0.15, 0.2) is 0 Å². The lowest BCUT2D eigenvalue weighted by molar-refractivity contribution is -0.0632. The number of carbonyl (C=O) groups is 1. The highest BCUT2D eigenvalue weighted by atomic mass is 16.6. The average molecular weight is 258 g/mol. The summed E-state index contributed by atoms with van der Waals surface area (Å²) in [5.41, 5.74) is 4.88. The molecule has 0 spiro atoms. The molecule has 2 N–H and O–H groups in total. The van der Waals surface area contributed by atoms with Crippen molar-refractivity contribution < 1.29 is 14.3 Å². The van der Waals surface area contributed by atoms with Crippen LogP contribution < -0.4 is 5.73 Å². The number of nitrogens with zero attached hydrogens (tertiary/aromatic N) is 1. The quantitative estimate of drug-likeness (QED) is 0.823. The number of hydrogen-bond acceptors (Lipinski definition) is 4. The highest BCUT2D eigenvalue weighted by molar-refractivity contribution is 5.70. The minimum atomic E-state index is -0.667. The largest absolute Gasteiger partial charge is 0.444 e. The van der Waals surface area contributed by atoms with Crippen LogP contribution in [0.1, 0.15) is 48.0 Å². The first-order valence-corrected chi connectivity index (χ1v) is 6.50. The van der Waals surface area contributed by atoms with Crippen LogP contribution in [0.3, 0.4) is 0 Å². The van der Waals surface area contributed by atoms with Gasteiger partial charge in [-0.25, -0.2) is 4.79 Å². The molecule has 0 bridgehead atoms. The zero-order chi connectivity index (χ0) is 14.1. The number of ether oxygens (including phenoxy) is 2. The van der Waals surface area contributed by atoms with Crippen LogP contribution in [-0.4, -0.2) is 41.0 Å². The van der Waals surface area contributed by atoms with Gasteiger partial charge in [0, 0.05) is 6.04 Å². The number of rotatable bonds is 2. The second kappa shape index (κ2) is 5.05. The molecule has 1 heterocycles. The first-order chi connectivity index (χ1) is 8.08. The molecule has 0 aromatic carbocycles. The lowest BCUT2D eigenvalue weighted by atomic mass is 10.1. The van der Waals surface area contributed by atoms with Crippen molar-refractivity contribution in [2.45, 2.75) is 71.4 Å². The maximum atomic E-state index is 12.3. The Bertz CT molecular complexity index is 310. The monoisotopic (exact) mass is 258 g/mol. The molecule has 5 nitrogen and oxygen atoms in total. The summed E-state index contributed by atoms with van der Waals surface area (Å²) in [7, 11) is 0. The normalized spacial score (nSPS) is 25.1. The number of nitrogens with two attached hydrogens (primary N) is 1. The third kappa shape index (κ3) is 3.36. The first kappa shape index (κ1) is 15.2. The molecule has 0 saturated carbocycles. The van der Waals surface area contributed by atoms with E-state index >= 15 is 0 Å². The van der Waals surface area contributed by atoms with Crippen molar-refractivity contribution >= 4 is 6.09 Å². The van der Waals surface area contributed by atoms with Gasteiger partial charge in [-0.1, -0.05) is 6.92 Å². The van der Waals surface area contributed by atoms with Gasteiger partial charge in [0.1, 0.15) is 11.3 Å². The first-order valence-electron chi connectivity index (χ1n) is 6.50. The van der Waals surface area contributed by atoms with Gasteiger partial charge in [0.05, 0.1) is 12.6 Å². The molecule has 2 unspecified atom stereocenters. The molecule has 1 aliphatic heterocycles. The van der Waals surface area contributed by atoms with Crippen LogP contribution in [-0.2, 0) is 9.47 Å². The van der Waals surface area contributed by atoms with Crippen molar-refractivity contribution in [1.29, 1.82) is 0 Å². The van der Waals surface area contributed by atoms with Gasteiger partial charge in [0.15, 0.2) is 0 Å². The topological polar surface area (TPSA) is 64.8 Å². The maximum absolute atomic E-state index is 12.3. The van der Waals surface area contributed by atoms with Gasteiger partial charge in [-0.2, -0.15) is 0 Å². The standard InChI is InChI=1S/C13H26N2O3/c1-7-9(14)10-8-17-13(5,6)15(10)11(16)18-12(2,3)4/h9-10H,7-8,14H2,1-6H3. The number of hydrogen-bond donors (Lipinski definition) is 1. The van der Waals surface area contributed by atoms with E-state index < -0.39 is 11.3 Å².